The molecule has 1 heterocycles. The second-order valence-corrected chi connectivity index (χ2v) is 7.36. The van der Waals surface area contributed by atoms with E-state index in [1.807, 2.05) is 34.9 Å². The molecule has 8 heteroatoms. The summed E-state index contributed by atoms with van der Waals surface area (Å²) in [5, 5.41) is 11.9. The minimum absolute atomic E-state index is 0.0619. The minimum Gasteiger partial charge on any atom is -0.486 e. The van der Waals surface area contributed by atoms with Crippen LogP contribution in [0.2, 0.25) is 0 Å². The van der Waals surface area contributed by atoms with Crippen molar-refractivity contribution >= 4 is 17.7 Å². The number of allylic oxidation sites excluding steroid dienone is 1. The smallest absolute Gasteiger partial charge is 0.230 e. The second-order valence-electron chi connectivity index (χ2n) is 6.41. The topological polar surface area (TPSA) is 69.0 Å². The van der Waals surface area contributed by atoms with Gasteiger partial charge in [0, 0.05) is 13.1 Å². The number of hydrogen-bond acceptors (Lipinski definition) is 5. The van der Waals surface area contributed by atoms with Crippen LogP contribution in [0, 0.1) is 5.82 Å². The summed E-state index contributed by atoms with van der Waals surface area (Å²) in [4.78, 5) is 12.2. The Bertz CT molecular complexity index is 961. The lowest BCUT2D eigenvalue weighted by molar-refractivity contribution is -0.118. The van der Waals surface area contributed by atoms with Gasteiger partial charge in [0.1, 0.15) is 18.2 Å². The predicted molar refractivity (Wildman–Crippen MR) is 115 cm³/mol. The first-order valence-corrected chi connectivity index (χ1v) is 10.5. The van der Waals surface area contributed by atoms with E-state index in [9.17, 15) is 9.18 Å². The fraction of sp³-hybridized carbons (Fsp3) is 0.227. The zero-order valence-electron chi connectivity index (χ0n) is 16.5. The molecule has 0 spiro atoms. The zero-order chi connectivity index (χ0) is 21.2. The maximum Gasteiger partial charge on any atom is 0.230 e. The summed E-state index contributed by atoms with van der Waals surface area (Å²) in [6.07, 6.45) is 2.52. The predicted octanol–water partition coefficient (Wildman–Crippen LogP) is 3.63. The molecule has 0 saturated heterocycles. The molecule has 2 aromatic carbocycles. The molecule has 0 aliphatic carbocycles. The summed E-state index contributed by atoms with van der Waals surface area (Å²) >= 11 is 1.31. The van der Waals surface area contributed by atoms with E-state index in [1.54, 1.807) is 18.2 Å². The lowest BCUT2D eigenvalue weighted by atomic mass is 10.1. The molecule has 0 aliphatic heterocycles. The van der Waals surface area contributed by atoms with Gasteiger partial charge in [0.05, 0.1) is 5.75 Å². The number of nitrogens with zero attached hydrogens (tertiary/aromatic N) is 3. The lowest BCUT2D eigenvalue weighted by Gasteiger charge is -2.09. The van der Waals surface area contributed by atoms with Gasteiger partial charge in [-0.1, -0.05) is 48.2 Å². The van der Waals surface area contributed by atoms with Gasteiger partial charge in [0.25, 0.3) is 0 Å². The summed E-state index contributed by atoms with van der Waals surface area (Å²) in [7, 11) is 0. The number of thioether (sulfide) groups is 1. The molecule has 0 bridgehead atoms. The van der Waals surface area contributed by atoms with Crippen LogP contribution in [0.5, 0.6) is 5.75 Å². The number of nitrogens with one attached hydrogen (secondary N) is 1. The molecule has 3 aromatic rings. The highest BCUT2D eigenvalue weighted by Gasteiger charge is 2.14. The highest BCUT2D eigenvalue weighted by atomic mass is 32.2. The van der Waals surface area contributed by atoms with Crippen LogP contribution in [0.25, 0.3) is 0 Å². The van der Waals surface area contributed by atoms with Crippen molar-refractivity contribution in [1.29, 1.82) is 0 Å². The molecule has 0 saturated carbocycles. The number of carbonyl (C=O) groups is 1. The number of halogens is 1. The van der Waals surface area contributed by atoms with E-state index in [2.05, 4.69) is 22.1 Å². The number of amides is 1. The molecule has 1 N–H and O–H groups in total. The van der Waals surface area contributed by atoms with Gasteiger partial charge in [-0.3, -0.25) is 9.36 Å². The van der Waals surface area contributed by atoms with Crippen LogP contribution in [0.1, 0.15) is 11.4 Å². The van der Waals surface area contributed by atoms with Crippen molar-refractivity contribution in [2.24, 2.45) is 0 Å². The highest BCUT2D eigenvalue weighted by Crippen LogP contribution is 2.19. The van der Waals surface area contributed by atoms with Crippen molar-refractivity contribution in [2.75, 3.05) is 12.3 Å². The summed E-state index contributed by atoms with van der Waals surface area (Å²) in [6, 6.07) is 15.8. The Morgan fingerprint density at radius 1 is 1.17 bits per heavy atom. The average molecular weight is 427 g/mol. The van der Waals surface area contributed by atoms with Gasteiger partial charge in [-0.2, -0.15) is 0 Å². The van der Waals surface area contributed by atoms with Gasteiger partial charge in [0.15, 0.2) is 11.0 Å². The number of ether oxygens (including phenoxy) is 1. The standard InChI is InChI=1S/C22H23FN4O2S/c1-2-14-27-20(15-29-19-10-8-18(23)9-11-19)25-26-22(27)30-16-21(28)24-13-12-17-6-4-3-5-7-17/h2-11H,1,12-16H2,(H,24,28). The number of hydrogen-bond donors (Lipinski definition) is 1. The molecule has 0 atom stereocenters. The summed E-state index contributed by atoms with van der Waals surface area (Å²) in [5.41, 5.74) is 1.18. The number of aromatic nitrogens is 3. The molecular weight excluding hydrogens is 403 g/mol. The molecule has 156 valence electrons. The molecule has 1 amide bonds. The van der Waals surface area contributed by atoms with Gasteiger partial charge < -0.3 is 10.1 Å². The van der Waals surface area contributed by atoms with Crippen LogP contribution in [0.4, 0.5) is 4.39 Å². The Morgan fingerprint density at radius 3 is 2.67 bits per heavy atom. The fourth-order valence-electron chi connectivity index (χ4n) is 2.70. The Morgan fingerprint density at radius 2 is 1.93 bits per heavy atom. The molecule has 0 radical (unpaired) electrons. The molecule has 6 nitrogen and oxygen atoms in total. The SMILES string of the molecule is C=CCn1c(COc2ccc(F)cc2)nnc1SCC(=O)NCCc1ccccc1. The van der Waals surface area contributed by atoms with Gasteiger partial charge in [-0.25, -0.2) is 4.39 Å². The van der Waals surface area contributed by atoms with Crippen molar-refractivity contribution in [3.05, 3.63) is 84.5 Å². The second kappa shape index (κ2) is 11.2. The zero-order valence-corrected chi connectivity index (χ0v) is 17.3. The summed E-state index contributed by atoms with van der Waals surface area (Å²) in [6.45, 7) is 5.02. The highest BCUT2D eigenvalue weighted by molar-refractivity contribution is 7.99. The number of rotatable bonds is 11. The molecular formula is C22H23FN4O2S. The quantitative estimate of drug-likeness (QED) is 0.375. The Hall–Kier alpha value is -3.13. The van der Waals surface area contributed by atoms with E-state index < -0.39 is 0 Å². The monoisotopic (exact) mass is 426 g/mol. The Labute approximate surface area is 179 Å². The molecule has 30 heavy (non-hydrogen) atoms. The van der Waals surface area contributed by atoms with Crippen molar-refractivity contribution in [2.45, 2.75) is 24.7 Å². The van der Waals surface area contributed by atoms with E-state index in [0.29, 0.717) is 29.8 Å². The van der Waals surface area contributed by atoms with Crippen LogP contribution >= 0.6 is 11.8 Å². The maximum atomic E-state index is 13.0. The van der Waals surface area contributed by atoms with Crippen LogP contribution in [-0.2, 0) is 24.4 Å². The molecule has 0 unspecified atom stereocenters. The number of carbonyl (C=O) groups excluding carboxylic acids is 1. The fourth-order valence-corrected chi connectivity index (χ4v) is 3.49. The summed E-state index contributed by atoms with van der Waals surface area (Å²) < 4.78 is 20.5. The van der Waals surface area contributed by atoms with Gasteiger partial charge >= 0.3 is 0 Å². The van der Waals surface area contributed by atoms with Gasteiger partial charge in [-0.05, 0) is 36.2 Å². The van der Waals surface area contributed by atoms with E-state index in [0.717, 1.165) is 6.42 Å². The molecule has 1 aromatic heterocycles. The summed E-state index contributed by atoms with van der Waals surface area (Å²) in [5.74, 6) is 0.997. The molecule has 0 aliphatic rings. The minimum atomic E-state index is -0.321. The lowest BCUT2D eigenvalue weighted by Crippen LogP contribution is -2.27. The van der Waals surface area contributed by atoms with Crippen molar-refractivity contribution < 1.29 is 13.9 Å². The number of benzene rings is 2. The Balaban J connectivity index is 1.50. The van der Waals surface area contributed by atoms with Crippen molar-refractivity contribution in [1.82, 2.24) is 20.1 Å². The maximum absolute atomic E-state index is 13.0. The van der Waals surface area contributed by atoms with Gasteiger partial charge in [-0.15, -0.1) is 16.8 Å². The first-order valence-electron chi connectivity index (χ1n) is 9.50. The third-order valence-corrected chi connectivity index (χ3v) is 5.16. The van der Waals surface area contributed by atoms with E-state index >= 15 is 0 Å². The molecule has 3 rings (SSSR count). The largest absolute Gasteiger partial charge is 0.486 e. The van der Waals surface area contributed by atoms with Crippen LogP contribution in [-0.4, -0.2) is 33.0 Å². The Kier molecular flexibility index (Phi) is 8.02. The van der Waals surface area contributed by atoms with Gasteiger partial charge in [0.2, 0.25) is 5.91 Å². The van der Waals surface area contributed by atoms with Crippen LogP contribution < -0.4 is 10.1 Å². The normalized spacial score (nSPS) is 10.6. The third kappa shape index (κ3) is 6.45. The van der Waals surface area contributed by atoms with E-state index in [-0.39, 0.29) is 24.1 Å². The molecule has 0 fully saturated rings. The van der Waals surface area contributed by atoms with E-state index in [4.69, 9.17) is 4.74 Å². The van der Waals surface area contributed by atoms with Crippen LogP contribution in [0.15, 0.2) is 72.4 Å². The first-order chi connectivity index (χ1) is 14.7. The first kappa shape index (κ1) is 21.6. The third-order valence-electron chi connectivity index (χ3n) is 4.20. The van der Waals surface area contributed by atoms with E-state index in [1.165, 1.54) is 29.5 Å². The van der Waals surface area contributed by atoms with Crippen molar-refractivity contribution in [3.63, 3.8) is 0 Å². The average Bonchev–Trinajstić information content (AvgIpc) is 3.14. The van der Waals surface area contributed by atoms with Crippen LogP contribution in [0.3, 0.4) is 0 Å². The van der Waals surface area contributed by atoms with Crippen molar-refractivity contribution in [3.8, 4) is 5.75 Å².